The minimum Gasteiger partial charge on any atom is -0.355 e. The van der Waals surface area contributed by atoms with Crippen molar-refractivity contribution in [3.8, 4) is 0 Å². The van der Waals surface area contributed by atoms with Crippen molar-refractivity contribution in [1.29, 1.82) is 0 Å². The molecule has 0 fully saturated rings. The van der Waals surface area contributed by atoms with Crippen LogP contribution in [0.5, 0.6) is 0 Å². The zero-order valence-electron chi connectivity index (χ0n) is 12.4. The average molecular weight is 316 g/mol. The summed E-state index contributed by atoms with van der Waals surface area (Å²) in [7, 11) is 0. The van der Waals surface area contributed by atoms with Crippen LogP contribution < -0.4 is 10.7 Å². The van der Waals surface area contributed by atoms with Gasteiger partial charge >= 0.3 is 0 Å². The third kappa shape index (κ3) is 4.60. The number of rotatable bonds is 4. The van der Waals surface area contributed by atoms with E-state index < -0.39 is 0 Å². The van der Waals surface area contributed by atoms with Gasteiger partial charge in [0.25, 0.3) is 0 Å². The Bertz CT molecular complexity index is 656. The van der Waals surface area contributed by atoms with Crippen LogP contribution in [0.15, 0.2) is 53.8 Å². The zero-order valence-corrected chi connectivity index (χ0v) is 13.2. The number of nitrogens with zero attached hydrogens (tertiary/aromatic N) is 2. The molecular weight excluding hydrogens is 299 g/mol. The summed E-state index contributed by atoms with van der Waals surface area (Å²) < 4.78 is 12.9. The fourth-order valence-electron chi connectivity index (χ4n) is 1.83. The van der Waals surface area contributed by atoms with Gasteiger partial charge in [0.15, 0.2) is 5.11 Å². The molecule has 0 saturated heterocycles. The third-order valence-electron chi connectivity index (χ3n) is 3.08. The van der Waals surface area contributed by atoms with Crippen LogP contribution in [0.2, 0.25) is 0 Å². The van der Waals surface area contributed by atoms with Gasteiger partial charge in [0.1, 0.15) is 5.82 Å². The highest BCUT2D eigenvalue weighted by molar-refractivity contribution is 7.80. The second kappa shape index (κ2) is 7.61. The number of thiocarbonyl (C=S) groups is 1. The number of hydrazone groups is 1. The van der Waals surface area contributed by atoms with Crippen LogP contribution in [0, 0.1) is 5.82 Å². The standard InChI is InChI=1S/C16H17FN4S/c1-11(13-6-8-14(17)9-7-13)19-16(22)21-20-12(2)15-5-3-4-10-18-15/h3-11H,1-2H3,(H2,19,21,22)/b20-12+. The first-order valence-electron chi connectivity index (χ1n) is 6.84. The molecular formula is C16H17FN4S. The lowest BCUT2D eigenvalue weighted by Crippen LogP contribution is -2.34. The van der Waals surface area contributed by atoms with Crippen LogP contribution in [0.1, 0.15) is 31.1 Å². The number of hydrogen-bond donors (Lipinski definition) is 2. The molecule has 6 heteroatoms. The Labute approximate surface area is 134 Å². The van der Waals surface area contributed by atoms with E-state index in [-0.39, 0.29) is 11.9 Å². The van der Waals surface area contributed by atoms with E-state index in [1.807, 2.05) is 32.0 Å². The molecule has 0 aliphatic rings. The van der Waals surface area contributed by atoms with E-state index in [1.54, 1.807) is 18.3 Å². The van der Waals surface area contributed by atoms with E-state index >= 15 is 0 Å². The van der Waals surface area contributed by atoms with E-state index in [9.17, 15) is 4.39 Å². The highest BCUT2D eigenvalue weighted by Crippen LogP contribution is 2.12. The maximum absolute atomic E-state index is 12.9. The molecule has 0 saturated carbocycles. The Morgan fingerprint density at radius 1 is 1.23 bits per heavy atom. The van der Waals surface area contributed by atoms with Crippen molar-refractivity contribution in [3.05, 3.63) is 65.7 Å². The largest absolute Gasteiger partial charge is 0.355 e. The second-order valence-corrected chi connectivity index (χ2v) is 5.18. The first kappa shape index (κ1) is 16.0. The molecule has 2 aromatic rings. The van der Waals surface area contributed by atoms with E-state index in [4.69, 9.17) is 12.2 Å². The smallest absolute Gasteiger partial charge is 0.187 e. The number of aromatic nitrogens is 1. The summed E-state index contributed by atoms with van der Waals surface area (Å²) in [5.41, 5.74) is 5.25. The van der Waals surface area contributed by atoms with Gasteiger partial charge in [-0.1, -0.05) is 18.2 Å². The van der Waals surface area contributed by atoms with Gasteiger partial charge in [0.05, 0.1) is 17.4 Å². The third-order valence-corrected chi connectivity index (χ3v) is 3.29. The Balaban J connectivity index is 1.91. The molecule has 0 aliphatic heterocycles. The molecule has 1 aromatic carbocycles. The topological polar surface area (TPSA) is 49.3 Å². The number of halogens is 1. The summed E-state index contributed by atoms with van der Waals surface area (Å²) in [6.45, 7) is 3.79. The van der Waals surface area contributed by atoms with Crippen molar-refractivity contribution < 1.29 is 4.39 Å². The molecule has 114 valence electrons. The Hall–Kier alpha value is -2.34. The molecule has 0 spiro atoms. The Morgan fingerprint density at radius 3 is 2.59 bits per heavy atom. The summed E-state index contributed by atoms with van der Waals surface area (Å²) in [6, 6.07) is 11.9. The lowest BCUT2D eigenvalue weighted by molar-refractivity contribution is 0.624. The molecule has 0 amide bonds. The minimum absolute atomic E-state index is 0.0500. The maximum atomic E-state index is 12.9. The van der Waals surface area contributed by atoms with Crippen molar-refractivity contribution in [1.82, 2.24) is 15.7 Å². The first-order chi connectivity index (χ1) is 10.6. The van der Waals surface area contributed by atoms with E-state index in [2.05, 4.69) is 20.8 Å². The van der Waals surface area contributed by atoms with E-state index in [0.29, 0.717) is 5.11 Å². The highest BCUT2D eigenvalue weighted by Gasteiger charge is 2.07. The summed E-state index contributed by atoms with van der Waals surface area (Å²) in [4.78, 5) is 4.20. The van der Waals surface area contributed by atoms with Gasteiger partial charge in [-0.05, 0) is 55.9 Å². The average Bonchev–Trinajstić information content (AvgIpc) is 2.54. The molecule has 0 radical (unpaired) electrons. The van der Waals surface area contributed by atoms with Crippen molar-refractivity contribution in [2.24, 2.45) is 5.10 Å². The molecule has 2 rings (SSSR count). The lowest BCUT2D eigenvalue weighted by Gasteiger charge is -2.16. The zero-order chi connectivity index (χ0) is 15.9. The first-order valence-corrected chi connectivity index (χ1v) is 7.25. The number of pyridine rings is 1. The van der Waals surface area contributed by atoms with Crippen molar-refractivity contribution in [2.75, 3.05) is 0 Å². The molecule has 0 aliphatic carbocycles. The fraction of sp³-hybridized carbons (Fsp3) is 0.188. The number of benzene rings is 1. The fourth-order valence-corrected chi connectivity index (χ4v) is 2.05. The van der Waals surface area contributed by atoms with Crippen LogP contribution in [-0.4, -0.2) is 15.8 Å². The van der Waals surface area contributed by atoms with E-state index in [1.165, 1.54) is 12.1 Å². The Morgan fingerprint density at radius 2 is 1.95 bits per heavy atom. The predicted molar refractivity (Wildman–Crippen MR) is 90.1 cm³/mol. The number of nitrogens with one attached hydrogen (secondary N) is 2. The molecule has 1 aromatic heterocycles. The molecule has 1 unspecified atom stereocenters. The highest BCUT2D eigenvalue weighted by atomic mass is 32.1. The summed E-state index contributed by atoms with van der Waals surface area (Å²) in [5.74, 6) is -0.257. The molecule has 4 nitrogen and oxygen atoms in total. The van der Waals surface area contributed by atoms with Crippen molar-refractivity contribution in [3.63, 3.8) is 0 Å². The van der Waals surface area contributed by atoms with Gasteiger partial charge < -0.3 is 5.32 Å². The van der Waals surface area contributed by atoms with Crippen molar-refractivity contribution in [2.45, 2.75) is 19.9 Å². The Kier molecular flexibility index (Phi) is 5.55. The van der Waals surface area contributed by atoms with Gasteiger partial charge in [-0.3, -0.25) is 10.4 Å². The molecule has 1 atom stereocenters. The maximum Gasteiger partial charge on any atom is 0.187 e. The summed E-state index contributed by atoms with van der Waals surface area (Å²) in [5, 5.41) is 7.68. The molecule has 22 heavy (non-hydrogen) atoms. The SMILES string of the molecule is C/C(=N\NC(=S)NC(C)c1ccc(F)cc1)c1ccccn1. The van der Waals surface area contributed by atoms with Crippen LogP contribution in [0.25, 0.3) is 0 Å². The quantitative estimate of drug-likeness (QED) is 0.517. The normalized spacial score (nSPS) is 12.6. The summed E-state index contributed by atoms with van der Waals surface area (Å²) >= 11 is 5.20. The van der Waals surface area contributed by atoms with Gasteiger partial charge in [-0.25, -0.2) is 4.39 Å². The predicted octanol–water partition coefficient (Wildman–Crippen LogP) is 3.17. The second-order valence-electron chi connectivity index (χ2n) is 4.77. The minimum atomic E-state index is -0.257. The van der Waals surface area contributed by atoms with E-state index in [0.717, 1.165) is 17.0 Å². The molecule has 2 N–H and O–H groups in total. The van der Waals surface area contributed by atoms with Crippen LogP contribution in [0.4, 0.5) is 4.39 Å². The van der Waals surface area contributed by atoms with Gasteiger partial charge in [0.2, 0.25) is 0 Å². The molecule has 1 heterocycles. The molecule has 0 bridgehead atoms. The summed E-state index contributed by atoms with van der Waals surface area (Å²) in [6.07, 6.45) is 1.71. The number of hydrogen-bond acceptors (Lipinski definition) is 3. The van der Waals surface area contributed by atoms with Crippen LogP contribution in [0.3, 0.4) is 0 Å². The monoisotopic (exact) mass is 316 g/mol. The lowest BCUT2D eigenvalue weighted by atomic mass is 10.1. The van der Waals surface area contributed by atoms with Gasteiger partial charge in [0, 0.05) is 6.20 Å². The van der Waals surface area contributed by atoms with Gasteiger partial charge in [-0.2, -0.15) is 5.10 Å². The van der Waals surface area contributed by atoms with Crippen LogP contribution >= 0.6 is 12.2 Å². The van der Waals surface area contributed by atoms with Crippen molar-refractivity contribution >= 4 is 23.0 Å². The van der Waals surface area contributed by atoms with Gasteiger partial charge in [-0.15, -0.1) is 0 Å². The van der Waals surface area contributed by atoms with Crippen LogP contribution in [-0.2, 0) is 0 Å².